The molecule has 1 amide bonds. The van der Waals surface area contributed by atoms with Crippen molar-refractivity contribution in [1.29, 1.82) is 0 Å². The number of nitrogens with zero attached hydrogens (tertiary/aromatic N) is 3. The first kappa shape index (κ1) is 24.1. The summed E-state index contributed by atoms with van der Waals surface area (Å²) < 4.78 is 72.7. The first-order valence-electron chi connectivity index (χ1n) is 10.7. The number of pyridine rings is 1. The summed E-state index contributed by atoms with van der Waals surface area (Å²) in [6.07, 6.45) is -3.54. The summed E-state index contributed by atoms with van der Waals surface area (Å²) in [6, 6.07) is 0.332. The van der Waals surface area contributed by atoms with Crippen LogP contribution in [0.3, 0.4) is 0 Å². The van der Waals surface area contributed by atoms with Gasteiger partial charge in [0.05, 0.1) is 39.6 Å². The van der Waals surface area contributed by atoms with Crippen molar-refractivity contribution < 1.29 is 31.5 Å². The molecule has 0 bridgehead atoms. The van der Waals surface area contributed by atoms with Crippen LogP contribution >= 0.6 is 11.3 Å². The van der Waals surface area contributed by atoms with Gasteiger partial charge in [-0.1, -0.05) is 0 Å². The van der Waals surface area contributed by atoms with Crippen LogP contribution in [-0.4, -0.2) is 80.6 Å². The summed E-state index contributed by atoms with van der Waals surface area (Å²) in [5.74, 6) is -0.302. The normalized spacial score (nSPS) is 18.8. The minimum absolute atomic E-state index is 0.0485. The predicted molar refractivity (Wildman–Crippen MR) is 115 cm³/mol. The van der Waals surface area contributed by atoms with E-state index in [1.807, 2.05) is 0 Å². The molecule has 2 fully saturated rings. The summed E-state index contributed by atoms with van der Waals surface area (Å²) in [5, 5.41) is 3.84. The Balaban J connectivity index is 1.44. The van der Waals surface area contributed by atoms with Gasteiger partial charge in [-0.15, -0.1) is 11.3 Å². The molecule has 2 aromatic heterocycles. The molecule has 4 rings (SSSR count). The Morgan fingerprint density at radius 3 is 2.48 bits per heavy atom. The number of amides is 1. The van der Waals surface area contributed by atoms with Gasteiger partial charge in [0, 0.05) is 38.6 Å². The lowest BCUT2D eigenvalue weighted by Gasteiger charge is -2.44. The van der Waals surface area contributed by atoms with Crippen molar-refractivity contribution in [3.63, 3.8) is 0 Å². The number of rotatable bonds is 7. The molecule has 2 saturated heterocycles. The number of halogens is 5. The smallest absolute Gasteiger partial charge is 0.372 e. The van der Waals surface area contributed by atoms with Gasteiger partial charge in [-0.2, -0.15) is 13.2 Å². The van der Waals surface area contributed by atoms with Gasteiger partial charge in [0.2, 0.25) is 0 Å². The number of fused-ring (bicyclic) bond motifs is 1. The van der Waals surface area contributed by atoms with Crippen LogP contribution in [0.5, 0.6) is 0 Å². The molecular weight excluding hydrogens is 467 g/mol. The molecule has 0 aliphatic carbocycles. The van der Waals surface area contributed by atoms with Crippen molar-refractivity contribution in [2.45, 2.75) is 37.3 Å². The second-order valence-electron chi connectivity index (χ2n) is 8.29. The molecule has 2 aromatic rings. The fourth-order valence-electron chi connectivity index (χ4n) is 4.25. The topological polar surface area (TPSA) is 57.7 Å². The molecule has 12 heteroatoms. The van der Waals surface area contributed by atoms with Crippen molar-refractivity contribution in [1.82, 2.24) is 15.2 Å². The number of nitrogens with one attached hydrogen (secondary N) is 1. The van der Waals surface area contributed by atoms with Gasteiger partial charge in [-0.05, 0) is 18.9 Å². The van der Waals surface area contributed by atoms with Crippen LogP contribution in [0.2, 0.25) is 0 Å². The predicted octanol–water partition coefficient (Wildman–Crippen LogP) is 3.65. The summed E-state index contributed by atoms with van der Waals surface area (Å²) >= 11 is 0.855. The zero-order valence-electron chi connectivity index (χ0n) is 18.0. The lowest BCUT2D eigenvalue weighted by Crippen LogP contribution is -2.59. The largest absolute Gasteiger partial charge is 0.417 e. The van der Waals surface area contributed by atoms with E-state index in [9.17, 15) is 26.7 Å². The van der Waals surface area contributed by atoms with E-state index in [2.05, 4.69) is 10.3 Å². The van der Waals surface area contributed by atoms with E-state index < -0.39 is 37.0 Å². The monoisotopic (exact) mass is 492 g/mol. The van der Waals surface area contributed by atoms with Crippen LogP contribution in [0.4, 0.5) is 27.8 Å². The fourth-order valence-corrected chi connectivity index (χ4v) is 5.27. The Hall–Kier alpha value is -2.05. The van der Waals surface area contributed by atoms with Gasteiger partial charge in [-0.25, -0.2) is 13.8 Å². The highest BCUT2D eigenvalue weighted by Crippen LogP contribution is 2.40. The number of thiophene rings is 1. The number of aromatic nitrogens is 1. The first-order chi connectivity index (χ1) is 15.7. The molecule has 182 valence electrons. The molecule has 0 unspecified atom stereocenters. The van der Waals surface area contributed by atoms with Crippen LogP contribution in [0.1, 0.15) is 28.8 Å². The van der Waals surface area contributed by atoms with Crippen molar-refractivity contribution in [2.75, 3.05) is 51.5 Å². The third kappa shape index (κ3) is 4.92. The van der Waals surface area contributed by atoms with Gasteiger partial charge in [-0.3, -0.25) is 9.69 Å². The number of anilines is 1. The van der Waals surface area contributed by atoms with E-state index in [0.29, 0.717) is 39.0 Å². The van der Waals surface area contributed by atoms with E-state index >= 15 is 0 Å². The van der Waals surface area contributed by atoms with Crippen LogP contribution in [0.15, 0.2) is 11.4 Å². The maximum absolute atomic E-state index is 13.7. The molecule has 0 atom stereocenters. The number of ether oxygens (including phenoxy) is 1. The lowest BCUT2D eigenvalue weighted by atomic mass is 10.0. The van der Waals surface area contributed by atoms with E-state index in [-0.39, 0.29) is 33.8 Å². The minimum atomic E-state index is -4.57. The van der Waals surface area contributed by atoms with Gasteiger partial charge in [0.15, 0.2) is 0 Å². The third-order valence-electron chi connectivity index (χ3n) is 6.19. The molecule has 0 saturated carbocycles. The number of hydrogen-bond acceptors (Lipinski definition) is 6. The Labute approximate surface area is 191 Å². The number of hydrogen-bond donors (Lipinski definition) is 1. The van der Waals surface area contributed by atoms with E-state index in [4.69, 9.17) is 4.74 Å². The Kier molecular flexibility index (Phi) is 7.06. The number of carbonyl (C=O) groups excluding carboxylic acids is 1. The van der Waals surface area contributed by atoms with Gasteiger partial charge in [0.25, 0.3) is 5.91 Å². The zero-order chi connectivity index (χ0) is 23.8. The van der Waals surface area contributed by atoms with Crippen molar-refractivity contribution in [3.05, 3.63) is 22.6 Å². The summed E-state index contributed by atoms with van der Waals surface area (Å²) in [7, 11) is 1.42. The highest BCUT2D eigenvalue weighted by molar-refractivity contribution is 7.17. The second-order valence-corrected chi connectivity index (χ2v) is 9.17. The van der Waals surface area contributed by atoms with E-state index in [1.54, 1.807) is 9.80 Å². The highest BCUT2D eigenvalue weighted by atomic mass is 32.1. The number of piperidine rings is 1. The first-order valence-corrected chi connectivity index (χ1v) is 11.6. The maximum Gasteiger partial charge on any atom is 0.417 e. The molecular formula is C21H25F5N4O2S. The molecule has 0 aromatic carbocycles. The molecule has 33 heavy (non-hydrogen) atoms. The molecule has 0 spiro atoms. The Bertz CT molecular complexity index is 983. The summed E-state index contributed by atoms with van der Waals surface area (Å²) in [5.41, 5.74) is -0.629. The number of alkyl halides is 5. The maximum atomic E-state index is 13.7. The highest BCUT2D eigenvalue weighted by Gasteiger charge is 2.37. The van der Waals surface area contributed by atoms with Crippen LogP contribution < -0.4 is 10.2 Å². The third-order valence-corrected chi connectivity index (χ3v) is 7.19. The van der Waals surface area contributed by atoms with Crippen molar-refractivity contribution in [3.8, 4) is 0 Å². The Morgan fingerprint density at radius 2 is 1.91 bits per heavy atom. The minimum Gasteiger partial charge on any atom is -0.372 e. The summed E-state index contributed by atoms with van der Waals surface area (Å²) in [4.78, 5) is 20.0. The molecule has 0 radical (unpaired) electrons. The average molecular weight is 493 g/mol. The molecule has 6 nitrogen and oxygen atoms in total. The average Bonchev–Trinajstić information content (AvgIpc) is 3.20. The zero-order valence-corrected chi connectivity index (χ0v) is 18.8. The quantitative estimate of drug-likeness (QED) is 0.598. The molecule has 4 heterocycles. The van der Waals surface area contributed by atoms with Crippen LogP contribution in [-0.2, 0) is 10.9 Å². The number of carbonyl (C=O) groups is 1. The summed E-state index contributed by atoms with van der Waals surface area (Å²) in [6.45, 7) is 0.399. The van der Waals surface area contributed by atoms with Crippen molar-refractivity contribution in [2.24, 2.45) is 0 Å². The fraction of sp³-hybridized carbons (Fsp3) is 0.619. The second kappa shape index (κ2) is 9.67. The van der Waals surface area contributed by atoms with Gasteiger partial charge in [0.1, 0.15) is 19.2 Å². The van der Waals surface area contributed by atoms with E-state index in [0.717, 1.165) is 17.4 Å². The van der Waals surface area contributed by atoms with Gasteiger partial charge < -0.3 is 15.0 Å². The SMILES string of the molecule is CNC(=O)c1csc2c(C(F)(F)F)cc(N3CCC(OC4CN(C(CF)CF)C4)CC3)nc12. The Morgan fingerprint density at radius 1 is 1.24 bits per heavy atom. The van der Waals surface area contributed by atoms with Crippen LogP contribution in [0, 0.1) is 0 Å². The standard InChI is InChI=1S/C21H25F5N4O2S/c1-27-20(31)15-11-33-19-16(21(24,25)26)6-17(28-18(15)19)29-4-2-13(3-5-29)32-14-9-30(10-14)12(7-22)8-23/h6,11-14H,2-5,7-10H2,1H3,(H,27,31). The lowest BCUT2D eigenvalue weighted by molar-refractivity contribution is -0.136. The van der Waals surface area contributed by atoms with E-state index in [1.165, 1.54) is 12.4 Å². The molecule has 2 aliphatic rings. The number of likely N-dealkylation sites (tertiary alicyclic amines) is 1. The van der Waals surface area contributed by atoms with Crippen molar-refractivity contribution >= 4 is 33.3 Å². The molecule has 2 aliphatic heterocycles. The molecule has 1 N–H and O–H groups in total. The van der Waals surface area contributed by atoms with Gasteiger partial charge >= 0.3 is 6.18 Å². The van der Waals surface area contributed by atoms with Crippen LogP contribution in [0.25, 0.3) is 10.2 Å².